The van der Waals surface area contributed by atoms with E-state index in [0.717, 1.165) is 12.2 Å². The van der Waals surface area contributed by atoms with Crippen molar-refractivity contribution >= 4 is 11.9 Å². The number of hydrogen-bond acceptors (Lipinski definition) is 3. The highest BCUT2D eigenvalue weighted by Gasteiger charge is 2.33. The zero-order chi connectivity index (χ0) is 14.0. The van der Waals surface area contributed by atoms with Gasteiger partial charge in [0.1, 0.15) is 5.76 Å². The molecule has 0 spiro atoms. The number of furan rings is 1. The van der Waals surface area contributed by atoms with E-state index in [0.29, 0.717) is 25.1 Å². The van der Waals surface area contributed by atoms with Gasteiger partial charge in [0, 0.05) is 19.0 Å². The van der Waals surface area contributed by atoms with E-state index < -0.39 is 5.97 Å². The van der Waals surface area contributed by atoms with E-state index in [2.05, 4.69) is 0 Å². The Kier molecular flexibility index (Phi) is 3.93. The van der Waals surface area contributed by atoms with Gasteiger partial charge in [-0.3, -0.25) is 9.59 Å². The molecule has 0 aliphatic carbocycles. The van der Waals surface area contributed by atoms with Crippen molar-refractivity contribution in [3.05, 3.63) is 23.7 Å². The van der Waals surface area contributed by atoms with E-state index in [4.69, 9.17) is 9.52 Å². The Labute approximate surface area is 112 Å². The van der Waals surface area contributed by atoms with Crippen LogP contribution in [0.1, 0.15) is 43.0 Å². The SMILES string of the molecule is CCc1ccc(C(=O)N2CCC(C(=O)O)CC2C)o1. The van der Waals surface area contributed by atoms with Gasteiger partial charge in [-0.05, 0) is 31.9 Å². The molecule has 2 rings (SSSR count). The highest BCUT2D eigenvalue weighted by atomic mass is 16.4. The molecular weight excluding hydrogens is 246 g/mol. The average Bonchev–Trinajstić information content (AvgIpc) is 2.86. The van der Waals surface area contributed by atoms with Crippen LogP contribution in [0.15, 0.2) is 16.5 Å². The van der Waals surface area contributed by atoms with Crippen molar-refractivity contribution in [1.82, 2.24) is 4.90 Å². The summed E-state index contributed by atoms with van der Waals surface area (Å²) in [6.07, 6.45) is 1.76. The number of piperidine rings is 1. The smallest absolute Gasteiger partial charge is 0.306 e. The van der Waals surface area contributed by atoms with Crippen LogP contribution in [-0.4, -0.2) is 34.5 Å². The number of hydrogen-bond donors (Lipinski definition) is 1. The van der Waals surface area contributed by atoms with Crippen LogP contribution < -0.4 is 0 Å². The van der Waals surface area contributed by atoms with Gasteiger partial charge in [0.25, 0.3) is 5.91 Å². The van der Waals surface area contributed by atoms with Crippen LogP contribution in [0.4, 0.5) is 0 Å². The molecule has 1 aromatic rings. The summed E-state index contributed by atoms with van der Waals surface area (Å²) in [5.41, 5.74) is 0. The summed E-state index contributed by atoms with van der Waals surface area (Å²) in [7, 11) is 0. The normalized spacial score (nSPS) is 23.4. The number of carbonyl (C=O) groups is 2. The zero-order valence-electron chi connectivity index (χ0n) is 11.3. The maximum atomic E-state index is 12.3. The van der Waals surface area contributed by atoms with Crippen molar-refractivity contribution in [3.63, 3.8) is 0 Å². The second-order valence-corrected chi connectivity index (χ2v) is 5.03. The standard InChI is InChI=1S/C14H19NO4/c1-3-11-4-5-12(19-11)13(16)15-7-6-10(14(17)18)8-9(15)2/h4-5,9-10H,3,6-8H2,1-2H3,(H,17,18). The van der Waals surface area contributed by atoms with E-state index in [9.17, 15) is 9.59 Å². The molecule has 1 saturated heterocycles. The minimum absolute atomic E-state index is 0.0717. The number of rotatable bonds is 3. The number of aliphatic carboxylic acids is 1. The fourth-order valence-electron chi connectivity index (χ4n) is 2.52. The largest absolute Gasteiger partial charge is 0.481 e. The summed E-state index contributed by atoms with van der Waals surface area (Å²) in [6, 6.07) is 3.43. The summed E-state index contributed by atoms with van der Waals surface area (Å²) in [5.74, 6) is -0.128. The van der Waals surface area contributed by atoms with Crippen LogP contribution in [0.3, 0.4) is 0 Å². The molecule has 1 fully saturated rings. The lowest BCUT2D eigenvalue weighted by atomic mass is 9.91. The molecule has 1 amide bonds. The zero-order valence-corrected chi connectivity index (χ0v) is 11.3. The van der Waals surface area contributed by atoms with Crippen molar-refractivity contribution in [3.8, 4) is 0 Å². The molecule has 2 unspecified atom stereocenters. The van der Waals surface area contributed by atoms with Crippen molar-refractivity contribution < 1.29 is 19.1 Å². The second kappa shape index (κ2) is 5.47. The number of amides is 1. The van der Waals surface area contributed by atoms with E-state index in [1.165, 1.54) is 0 Å². The maximum absolute atomic E-state index is 12.3. The number of likely N-dealkylation sites (tertiary alicyclic amines) is 1. The minimum Gasteiger partial charge on any atom is -0.481 e. The monoisotopic (exact) mass is 265 g/mol. The molecule has 2 atom stereocenters. The fraction of sp³-hybridized carbons (Fsp3) is 0.571. The summed E-state index contributed by atoms with van der Waals surface area (Å²) < 4.78 is 5.46. The van der Waals surface area contributed by atoms with Crippen molar-refractivity contribution in [2.24, 2.45) is 5.92 Å². The number of carboxylic acids is 1. The summed E-state index contributed by atoms with van der Waals surface area (Å²) in [5, 5.41) is 9.01. The predicted molar refractivity (Wildman–Crippen MR) is 68.9 cm³/mol. The topological polar surface area (TPSA) is 70.8 Å². The van der Waals surface area contributed by atoms with Gasteiger partial charge < -0.3 is 14.4 Å². The molecule has 104 valence electrons. The molecule has 0 aromatic carbocycles. The molecule has 1 aromatic heterocycles. The lowest BCUT2D eigenvalue weighted by Gasteiger charge is -2.35. The lowest BCUT2D eigenvalue weighted by molar-refractivity contribution is -0.143. The van der Waals surface area contributed by atoms with E-state index in [1.54, 1.807) is 11.0 Å². The van der Waals surface area contributed by atoms with Crippen LogP contribution in [0, 0.1) is 5.92 Å². The molecule has 2 heterocycles. The van der Waals surface area contributed by atoms with Gasteiger partial charge in [0.05, 0.1) is 5.92 Å². The lowest BCUT2D eigenvalue weighted by Crippen LogP contribution is -2.45. The Morgan fingerprint density at radius 2 is 2.21 bits per heavy atom. The van der Waals surface area contributed by atoms with E-state index in [-0.39, 0.29) is 17.9 Å². The first-order valence-electron chi connectivity index (χ1n) is 6.65. The Morgan fingerprint density at radius 3 is 2.74 bits per heavy atom. The predicted octanol–water partition coefficient (Wildman–Crippen LogP) is 2.17. The third-order valence-electron chi connectivity index (χ3n) is 3.71. The summed E-state index contributed by atoms with van der Waals surface area (Å²) in [6.45, 7) is 4.32. The first-order chi connectivity index (χ1) is 9.02. The van der Waals surface area contributed by atoms with Crippen LogP contribution in [0.2, 0.25) is 0 Å². The van der Waals surface area contributed by atoms with Crippen molar-refractivity contribution in [1.29, 1.82) is 0 Å². The number of nitrogens with zero attached hydrogens (tertiary/aromatic N) is 1. The molecule has 5 heteroatoms. The number of aryl methyl sites for hydroxylation is 1. The minimum atomic E-state index is -0.773. The molecule has 1 aliphatic heterocycles. The van der Waals surface area contributed by atoms with Crippen molar-refractivity contribution in [2.45, 2.75) is 39.2 Å². The van der Waals surface area contributed by atoms with Crippen LogP contribution >= 0.6 is 0 Å². The van der Waals surface area contributed by atoms with E-state index >= 15 is 0 Å². The third-order valence-corrected chi connectivity index (χ3v) is 3.71. The molecule has 1 aliphatic rings. The Balaban J connectivity index is 2.06. The van der Waals surface area contributed by atoms with E-state index in [1.807, 2.05) is 19.9 Å². The van der Waals surface area contributed by atoms with Gasteiger partial charge in [0.15, 0.2) is 5.76 Å². The highest BCUT2D eigenvalue weighted by molar-refractivity contribution is 5.92. The quantitative estimate of drug-likeness (QED) is 0.909. The van der Waals surface area contributed by atoms with Gasteiger partial charge in [-0.15, -0.1) is 0 Å². The fourth-order valence-corrected chi connectivity index (χ4v) is 2.52. The van der Waals surface area contributed by atoms with Crippen molar-refractivity contribution in [2.75, 3.05) is 6.54 Å². The molecule has 0 bridgehead atoms. The Morgan fingerprint density at radius 1 is 1.47 bits per heavy atom. The molecule has 0 saturated carbocycles. The third kappa shape index (κ3) is 2.80. The van der Waals surface area contributed by atoms with Gasteiger partial charge >= 0.3 is 5.97 Å². The summed E-state index contributed by atoms with van der Waals surface area (Å²) in [4.78, 5) is 25.0. The van der Waals surface area contributed by atoms with Crippen LogP contribution in [-0.2, 0) is 11.2 Å². The van der Waals surface area contributed by atoms with Gasteiger partial charge in [-0.2, -0.15) is 0 Å². The van der Waals surface area contributed by atoms with Crippen LogP contribution in [0.5, 0.6) is 0 Å². The maximum Gasteiger partial charge on any atom is 0.306 e. The highest BCUT2D eigenvalue weighted by Crippen LogP contribution is 2.25. The molecule has 1 N–H and O–H groups in total. The Hall–Kier alpha value is -1.78. The number of carboxylic acid groups (broad SMARTS) is 1. The average molecular weight is 265 g/mol. The molecule has 0 radical (unpaired) electrons. The number of carbonyl (C=O) groups excluding carboxylic acids is 1. The van der Waals surface area contributed by atoms with Crippen LogP contribution in [0.25, 0.3) is 0 Å². The molecule has 19 heavy (non-hydrogen) atoms. The van der Waals surface area contributed by atoms with Gasteiger partial charge in [-0.1, -0.05) is 6.92 Å². The van der Waals surface area contributed by atoms with Gasteiger partial charge in [0.2, 0.25) is 0 Å². The first kappa shape index (κ1) is 13.6. The van der Waals surface area contributed by atoms with Gasteiger partial charge in [-0.25, -0.2) is 0 Å². The first-order valence-corrected chi connectivity index (χ1v) is 6.65. The molecule has 5 nitrogen and oxygen atoms in total. The molecular formula is C14H19NO4. The Bertz CT molecular complexity index is 480. The summed E-state index contributed by atoms with van der Waals surface area (Å²) >= 11 is 0. The second-order valence-electron chi connectivity index (χ2n) is 5.03.